The Balaban J connectivity index is 1.83. The summed E-state index contributed by atoms with van der Waals surface area (Å²) in [6.07, 6.45) is 3.37. The van der Waals surface area contributed by atoms with Gasteiger partial charge in [0.15, 0.2) is 5.13 Å². The van der Waals surface area contributed by atoms with E-state index in [-0.39, 0.29) is 0 Å². The van der Waals surface area contributed by atoms with Gasteiger partial charge in [-0.15, -0.1) is 11.3 Å². The van der Waals surface area contributed by atoms with Crippen molar-refractivity contribution in [2.24, 2.45) is 0 Å². The van der Waals surface area contributed by atoms with Crippen LogP contribution in [0.4, 0.5) is 5.13 Å². The van der Waals surface area contributed by atoms with Crippen LogP contribution < -0.4 is 10.2 Å². The number of hydrogen-bond donors (Lipinski definition) is 1. The average molecular weight is 317 g/mol. The zero-order chi connectivity index (χ0) is 14.6. The second kappa shape index (κ2) is 6.87. The van der Waals surface area contributed by atoms with Gasteiger partial charge in [0.25, 0.3) is 0 Å². The minimum absolute atomic E-state index is 0.317. The van der Waals surface area contributed by atoms with E-state index in [0.29, 0.717) is 17.5 Å². The topological polar surface area (TPSA) is 62.3 Å². The molecular formula is C13H23N3O2S2. The van der Waals surface area contributed by atoms with E-state index in [1.54, 1.807) is 11.3 Å². The molecule has 0 aliphatic carbocycles. The Kier molecular flexibility index (Phi) is 5.40. The molecule has 1 N–H and O–H groups in total. The zero-order valence-electron chi connectivity index (χ0n) is 12.1. The van der Waals surface area contributed by atoms with Gasteiger partial charge < -0.3 is 10.2 Å². The Morgan fingerprint density at radius 3 is 2.60 bits per heavy atom. The predicted octanol–water partition coefficient (Wildman–Crippen LogP) is 1.66. The number of nitrogens with zero attached hydrogens (tertiary/aromatic N) is 2. The van der Waals surface area contributed by atoms with Crippen LogP contribution in [-0.4, -0.2) is 44.0 Å². The smallest absolute Gasteiger partial charge is 0.185 e. The number of sulfone groups is 1. The summed E-state index contributed by atoms with van der Waals surface area (Å²) in [7, 11) is -2.77. The monoisotopic (exact) mass is 317 g/mol. The van der Waals surface area contributed by atoms with E-state index < -0.39 is 9.84 Å². The molecule has 20 heavy (non-hydrogen) atoms. The number of hydrogen-bond acceptors (Lipinski definition) is 6. The molecule has 0 radical (unpaired) electrons. The molecular weight excluding hydrogens is 294 g/mol. The normalized spacial score (nSPS) is 19.1. The third-order valence-corrected chi connectivity index (χ3v) is 6.47. The number of aromatic nitrogens is 1. The quantitative estimate of drug-likeness (QED) is 0.864. The van der Waals surface area contributed by atoms with Gasteiger partial charge in [-0.3, -0.25) is 0 Å². The van der Waals surface area contributed by atoms with Crippen LogP contribution in [0.15, 0.2) is 6.20 Å². The van der Waals surface area contributed by atoms with Crippen LogP contribution in [0.25, 0.3) is 0 Å². The van der Waals surface area contributed by atoms with E-state index in [2.05, 4.69) is 29.0 Å². The third-order valence-electron chi connectivity index (χ3n) is 3.69. The molecule has 1 aliphatic rings. The first-order valence-corrected chi connectivity index (χ1v) is 9.81. The molecule has 114 valence electrons. The Labute approximate surface area is 125 Å². The molecule has 5 nitrogen and oxygen atoms in total. The zero-order valence-corrected chi connectivity index (χ0v) is 13.8. The Morgan fingerprint density at radius 1 is 1.35 bits per heavy atom. The van der Waals surface area contributed by atoms with Crippen molar-refractivity contribution in [2.75, 3.05) is 29.5 Å². The fourth-order valence-corrected chi connectivity index (χ4v) is 4.84. The average Bonchev–Trinajstić information content (AvgIpc) is 2.88. The van der Waals surface area contributed by atoms with Gasteiger partial charge in [-0.2, -0.15) is 0 Å². The van der Waals surface area contributed by atoms with Crippen LogP contribution in [0.5, 0.6) is 0 Å². The highest BCUT2D eigenvalue weighted by Crippen LogP contribution is 2.22. The van der Waals surface area contributed by atoms with Crippen molar-refractivity contribution < 1.29 is 8.42 Å². The third kappa shape index (κ3) is 4.17. The Hall–Kier alpha value is -0.660. The van der Waals surface area contributed by atoms with Crippen molar-refractivity contribution in [3.8, 4) is 0 Å². The van der Waals surface area contributed by atoms with Crippen molar-refractivity contribution in [1.82, 2.24) is 10.3 Å². The number of nitrogens with one attached hydrogen (secondary N) is 1. The lowest BCUT2D eigenvalue weighted by atomic mass is 10.1. The highest BCUT2D eigenvalue weighted by molar-refractivity contribution is 7.91. The molecule has 0 bridgehead atoms. The summed E-state index contributed by atoms with van der Waals surface area (Å²) in [6, 6.07) is 0.317. The van der Waals surface area contributed by atoms with Crippen molar-refractivity contribution >= 4 is 26.3 Å². The SMILES string of the molecule is CCN(CC)c1ncc(CNC2CCS(=O)(=O)CC2)s1. The summed E-state index contributed by atoms with van der Waals surface area (Å²) in [5.74, 6) is 0.635. The van der Waals surface area contributed by atoms with E-state index in [1.807, 2.05) is 6.20 Å². The van der Waals surface area contributed by atoms with E-state index in [4.69, 9.17) is 0 Å². The fraction of sp³-hybridized carbons (Fsp3) is 0.769. The van der Waals surface area contributed by atoms with Crippen LogP contribution in [0.1, 0.15) is 31.6 Å². The molecule has 1 aromatic heterocycles. The maximum atomic E-state index is 11.4. The molecule has 0 atom stereocenters. The minimum Gasteiger partial charge on any atom is -0.349 e. The maximum absolute atomic E-state index is 11.4. The molecule has 2 rings (SSSR count). The lowest BCUT2D eigenvalue weighted by molar-refractivity contribution is 0.464. The molecule has 1 aliphatic heterocycles. The first kappa shape index (κ1) is 15.7. The largest absolute Gasteiger partial charge is 0.349 e. The lowest BCUT2D eigenvalue weighted by Gasteiger charge is -2.22. The van der Waals surface area contributed by atoms with Gasteiger partial charge in [-0.25, -0.2) is 13.4 Å². The van der Waals surface area contributed by atoms with Crippen LogP contribution >= 0.6 is 11.3 Å². The van der Waals surface area contributed by atoms with Crippen molar-refractivity contribution in [3.05, 3.63) is 11.1 Å². The second-order valence-corrected chi connectivity index (χ2v) is 8.49. The first-order chi connectivity index (χ1) is 9.54. The van der Waals surface area contributed by atoms with Crippen LogP contribution in [0, 0.1) is 0 Å². The standard InChI is InChI=1S/C13H23N3O2S2/c1-3-16(4-2)13-15-10-12(19-13)9-14-11-5-7-20(17,18)8-6-11/h10-11,14H,3-9H2,1-2H3. The van der Waals surface area contributed by atoms with Gasteiger partial charge in [0, 0.05) is 36.8 Å². The van der Waals surface area contributed by atoms with Gasteiger partial charge in [0.05, 0.1) is 11.5 Å². The van der Waals surface area contributed by atoms with Gasteiger partial charge in [0.2, 0.25) is 0 Å². The highest BCUT2D eigenvalue weighted by atomic mass is 32.2. The van der Waals surface area contributed by atoms with Gasteiger partial charge >= 0.3 is 0 Å². The fourth-order valence-electron chi connectivity index (χ4n) is 2.36. The van der Waals surface area contributed by atoms with Crippen LogP contribution in [-0.2, 0) is 16.4 Å². The van der Waals surface area contributed by atoms with Crippen LogP contribution in [0.3, 0.4) is 0 Å². The Bertz CT molecular complexity index is 509. The van der Waals surface area contributed by atoms with Gasteiger partial charge in [-0.1, -0.05) is 0 Å². The van der Waals surface area contributed by atoms with E-state index in [9.17, 15) is 8.42 Å². The lowest BCUT2D eigenvalue weighted by Crippen LogP contribution is -2.36. The summed E-state index contributed by atoms with van der Waals surface area (Å²) in [5, 5.41) is 4.52. The highest BCUT2D eigenvalue weighted by Gasteiger charge is 2.23. The number of anilines is 1. The molecule has 1 aromatic rings. The van der Waals surface area contributed by atoms with E-state index in [0.717, 1.165) is 37.6 Å². The molecule has 1 fully saturated rings. The molecule has 7 heteroatoms. The van der Waals surface area contributed by atoms with E-state index in [1.165, 1.54) is 4.88 Å². The summed E-state index contributed by atoms with van der Waals surface area (Å²) in [4.78, 5) is 7.90. The molecule has 0 unspecified atom stereocenters. The van der Waals surface area contributed by atoms with Gasteiger partial charge in [0.1, 0.15) is 9.84 Å². The van der Waals surface area contributed by atoms with Crippen molar-refractivity contribution in [1.29, 1.82) is 0 Å². The summed E-state index contributed by atoms with van der Waals surface area (Å²) in [5.41, 5.74) is 0. The summed E-state index contributed by atoms with van der Waals surface area (Å²) >= 11 is 1.71. The van der Waals surface area contributed by atoms with E-state index >= 15 is 0 Å². The van der Waals surface area contributed by atoms with Crippen molar-refractivity contribution in [3.63, 3.8) is 0 Å². The molecule has 0 aromatic carbocycles. The molecule has 0 spiro atoms. The van der Waals surface area contributed by atoms with Gasteiger partial charge in [-0.05, 0) is 26.7 Å². The number of rotatable bonds is 6. The van der Waals surface area contributed by atoms with Crippen LogP contribution in [0.2, 0.25) is 0 Å². The maximum Gasteiger partial charge on any atom is 0.185 e. The second-order valence-electron chi connectivity index (χ2n) is 5.09. The molecule has 2 heterocycles. The number of thiazole rings is 1. The first-order valence-electron chi connectivity index (χ1n) is 7.17. The summed E-state index contributed by atoms with van der Waals surface area (Å²) < 4.78 is 22.7. The molecule has 1 saturated heterocycles. The minimum atomic E-state index is -2.77. The summed E-state index contributed by atoms with van der Waals surface area (Å²) in [6.45, 7) is 6.98. The molecule has 0 amide bonds. The molecule has 0 saturated carbocycles. The predicted molar refractivity (Wildman–Crippen MR) is 84.2 cm³/mol. The Morgan fingerprint density at radius 2 is 2.00 bits per heavy atom. The van der Waals surface area contributed by atoms with Crippen molar-refractivity contribution in [2.45, 2.75) is 39.3 Å².